The van der Waals surface area contributed by atoms with Gasteiger partial charge in [0.2, 0.25) is 0 Å². The monoisotopic (exact) mass is 258 g/mol. The van der Waals surface area contributed by atoms with E-state index in [2.05, 4.69) is 10.6 Å². The molecule has 1 aliphatic heterocycles. The minimum atomic E-state index is -4.28. The molecule has 1 aromatic carbocycles. The molecule has 1 heterocycles. The fourth-order valence-electron chi connectivity index (χ4n) is 2.34. The summed E-state index contributed by atoms with van der Waals surface area (Å²) in [6.45, 7) is 4.32. The lowest BCUT2D eigenvalue weighted by Crippen LogP contribution is -2.33. The van der Waals surface area contributed by atoms with Crippen LogP contribution < -0.4 is 10.6 Å². The van der Waals surface area contributed by atoms with Crippen LogP contribution in [0.3, 0.4) is 0 Å². The summed E-state index contributed by atoms with van der Waals surface area (Å²) in [5.41, 5.74) is 0.471. The molecular weight excluding hydrogens is 241 g/mol. The van der Waals surface area contributed by atoms with Crippen molar-refractivity contribution >= 4 is 5.69 Å². The normalized spacial score (nSPS) is 19.2. The Morgan fingerprint density at radius 2 is 2.17 bits per heavy atom. The predicted molar refractivity (Wildman–Crippen MR) is 65.7 cm³/mol. The Morgan fingerprint density at radius 1 is 1.39 bits per heavy atom. The van der Waals surface area contributed by atoms with Gasteiger partial charge in [-0.15, -0.1) is 0 Å². The van der Waals surface area contributed by atoms with Gasteiger partial charge in [0.1, 0.15) is 0 Å². The van der Waals surface area contributed by atoms with E-state index in [1.54, 1.807) is 6.07 Å². The lowest BCUT2D eigenvalue weighted by molar-refractivity contribution is -0.137. The number of fused-ring (bicyclic) bond motifs is 1. The number of halogens is 3. The summed E-state index contributed by atoms with van der Waals surface area (Å²) < 4.78 is 38.5. The molecule has 2 nitrogen and oxygen atoms in total. The van der Waals surface area contributed by atoms with E-state index in [-0.39, 0.29) is 5.69 Å². The van der Waals surface area contributed by atoms with Gasteiger partial charge in [0, 0.05) is 12.2 Å². The van der Waals surface area contributed by atoms with Crippen molar-refractivity contribution in [3.63, 3.8) is 0 Å². The molecule has 0 aromatic heterocycles. The molecule has 1 unspecified atom stereocenters. The molecule has 0 aliphatic carbocycles. The second-order valence-electron chi connectivity index (χ2n) is 4.60. The van der Waals surface area contributed by atoms with E-state index in [0.717, 1.165) is 24.7 Å². The lowest BCUT2D eigenvalue weighted by Gasteiger charge is -2.28. The fourth-order valence-corrected chi connectivity index (χ4v) is 2.34. The molecule has 18 heavy (non-hydrogen) atoms. The van der Waals surface area contributed by atoms with Crippen LogP contribution in [0.5, 0.6) is 0 Å². The van der Waals surface area contributed by atoms with Crippen molar-refractivity contribution in [2.24, 2.45) is 5.92 Å². The van der Waals surface area contributed by atoms with Crippen LogP contribution in [0.4, 0.5) is 18.9 Å². The second kappa shape index (κ2) is 5.18. The molecular formula is C13H17F3N2. The highest BCUT2D eigenvalue weighted by Gasteiger charge is 2.35. The quantitative estimate of drug-likeness (QED) is 0.871. The summed E-state index contributed by atoms with van der Waals surface area (Å²) in [6.07, 6.45) is -3.59. The zero-order valence-electron chi connectivity index (χ0n) is 10.3. The van der Waals surface area contributed by atoms with Gasteiger partial charge in [0.25, 0.3) is 0 Å². The average Bonchev–Trinajstić information content (AvgIpc) is 2.34. The number of hydrogen-bond acceptors (Lipinski definition) is 2. The number of benzene rings is 1. The predicted octanol–water partition coefficient (Wildman–Crippen LogP) is 2.90. The Bertz CT molecular complexity index is 415. The van der Waals surface area contributed by atoms with Gasteiger partial charge in [-0.2, -0.15) is 13.2 Å². The van der Waals surface area contributed by atoms with E-state index in [1.165, 1.54) is 6.07 Å². The first-order valence-corrected chi connectivity index (χ1v) is 6.16. The van der Waals surface area contributed by atoms with Crippen LogP contribution in [0, 0.1) is 5.92 Å². The van der Waals surface area contributed by atoms with Gasteiger partial charge in [-0.05, 0) is 37.1 Å². The summed E-state index contributed by atoms with van der Waals surface area (Å²) in [6, 6.07) is 4.39. The van der Waals surface area contributed by atoms with Crippen molar-refractivity contribution in [2.75, 3.05) is 25.0 Å². The topological polar surface area (TPSA) is 24.1 Å². The molecule has 0 bridgehead atoms. The van der Waals surface area contributed by atoms with E-state index in [9.17, 15) is 13.2 Å². The minimum Gasteiger partial charge on any atom is -0.384 e. The van der Waals surface area contributed by atoms with E-state index < -0.39 is 11.7 Å². The SMILES string of the molecule is CCNCC1CNc2c(cccc2C(F)(F)F)C1. The number of para-hydroxylation sites is 1. The Kier molecular flexibility index (Phi) is 3.80. The summed E-state index contributed by atoms with van der Waals surface area (Å²) in [7, 11) is 0. The number of nitrogens with one attached hydrogen (secondary N) is 2. The third-order valence-corrected chi connectivity index (χ3v) is 3.22. The molecule has 0 spiro atoms. The number of alkyl halides is 3. The van der Waals surface area contributed by atoms with E-state index in [1.807, 2.05) is 6.92 Å². The molecule has 0 fully saturated rings. The first kappa shape index (κ1) is 13.2. The molecule has 0 saturated heterocycles. The van der Waals surface area contributed by atoms with E-state index in [4.69, 9.17) is 0 Å². The molecule has 0 amide bonds. The van der Waals surface area contributed by atoms with Crippen molar-refractivity contribution in [2.45, 2.75) is 19.5 Å². The summed E-state index contributed by atoms with van der Waals surface area (Å²) in [5, 5.41) is 6.17. The summed E-state index contributed by atoms with van der Waals surface area (Å²) in [4.78, 5) is 0. The van der Waals surface area contributed by atoms with Gasteiger partial charge in [0.15, 0.2) is 0 Å². The van der Waals surface area contributed by atoms with E-state index >= 15 is 0 Å². The minimum absolute atomic E-state index is 0.262. The second-order valence-corrected chi connectivity index (χ2v) is 4.60. The van der Waals surface area contributed by atoms with Crippen molar-refractivity contribution in [3.8, 4) is 0 Å². The number of rotatable bonds is 3. The summed E-state index contributed by atoms with van der Waals surface area (Å²) in [5.74, 6) is 0.348. The van der Waals surface area contributed by atoms with Crippen LogP contribution in [0.2, 0.25) is 0 Å². The van der Waals surface area contributed by atoms with Crippen LogP contribution in [0.25, 0.3) is 0 Å². The van der Waals surface area contributed by atoms with Gasteiger partial charge in [-0.1, -0.05) is 19.1 Å². The molecule has 1 aromatic rings. The highest BCUT2D eigenvalue weighted by atomic mass is 19.4. The van der Waals surface area contributed by atoms with Crippen molar-refractivity contribution in [1.29, 1.82) is 0 Å². The number of hydrogen-bond donors (Lipinski definition) is 2. The molecule has 2 N–H and O–H groups in total. The summed E-state index contributed by atoms with van der Waals surface area (Å²) >= 11 is 0. The number of anilines is 1. The van der Waals surface area contributed by atoms with Gasteiger partial charge in [-0.3, -0.25) is 0 Å². The molecule has 1 aliphatic rings. The third-order valence-electron chi connectivity index (χ3n) is 3.22. The maximum absolute atomic E-state index is 12.8. The Labute approximate surface area is 105 Å². The Morgan fingerprint density at radius 3 is 2.83 bits per heavy atom. The van der Waals surface area contributed by atoms with Gasteiger partial charge >= 0.3 is 6.18 Å². The van der Waals surface area contributed by atoms with Gasteiger partial charge < -0.3 is 10.6 Å². The lowest BCUT2D eigenvalue weighted by atomic mass is 9.91. The molecule has 5 heteroatoms. The average molecular weight is 258 g/mol. The van der Waals surface area contributed by atoms with Gasteiger partial charge in [0.05, 0.1) is 5.56 Å². The van der Waals surface area contributed by atoms with Crippen LogP contribution in [-0.2, 0) is 12.6 Å². The zero-order chi connectivity index (χ0) is 13.2. The van der Waals surface area contributed by atoms with Crippen LogP contribution in [0.15, 0.2) is 18.2 Å². The Balaban J connectivity index is 2.19. The molecule has 0 saturated carbocycles. The Hall–Kier alpha value is -1.23. The smallest absolute Gasteiger partial charge is 0.384 e. The van der Waals surface area contributed by atoms with Crippen LogP contribution in [0.1, 0.15) is 18.1 Å². The fraction of sp³-hybridized carbons (Fsp3) is 0.538. The maximum atomic E-state index is 12.8. The molecule has 0 radical (unpaired) electrons. The van der Waals surface area contributed by atoms with Crippen LogP contribution in [-0.4, -0.2) is 19.6 Å². The first-order valence-electron chi connectivity index (χ1n) is 6.16. The first-order chi connectivity index (χ1) is 8.52. The van der Waals surface area contributed by atoms with Crippen LogP contribution >= 0.6 is 0 Å². The standard InChI is InChI=1S/C13H17F3N2/c1-2-17-7-9-6-10-4-3-5-11(13(14,15)16)12(10)18-8-9/h3-5,9,17-18H,2,6-8H2,1H3. The largest absolute Gasteiger partial charge is 0.418 e. The van der Waals surface area contributed by atoms with Crippen molar-refractivity contribution in [1.82, 2.24) is 5.32 Å². The molecule has 100 valence electrons. The highest BCUT2D eigenvalue weighted by molar-refractivity contribution is 5.60. The highest BCUT2D eigenvalue weighted by Crippen LogP contribution is 2.38. The maximum Gasteiger partial charge on any atom is 0.418 e. The molecule has 1 atom stereocenters. The molecule has 2 rings (SSSR count). The van der Waals surface area contributed by atoms with E-state index in [0.29, 0.717) is 18.9 Å². The third kappa shape index (κ3) is 2.77. The van der Waals surface area contributed by atoms with Crippen molar-refractivity contribution < 1.29 is 13.2 Å². The van der Waals surface area contributed by atoms with Crippen molar-refractivity contribution in [3.05, 3.63) is 29.3 Å². The van der Waals surface area contributed by atoms with Gasteiger partial charge in [-0.25, -0.2) is 0 Å². The zero-order valence-corrected chi connectivity index (χ0v) is 10.3.